The van der Waals surface area contributed by atoms with Crippen molar-refractivity contribution in [2.75, 3.05) is 26.3 Å². The average molecular weight is 488 g/mol. The van der Waals surface area contributed by atoms with Gasteiger partial charge in [-0.05, 0) is 55.8 Å². The van der Waals surface area contributed by atoms with Gasteiger partial charge >= 0.3 is 0 Å². The van der Waals surface area contributed by atoms with Gasteiger partial charge < -0.3 is 14.5 Å². The van der Waals surface area contributed by atoms with E-state index >= 15 is 0 Å². The highest BCUT2D eigenvalue weighted by atomic mass is 32.1. The van der Waals surface area contributed by atoms with Crippen molar-refractivity contribution in [1.29, 1.82) is 0 Å². The van der Waals surface area contributed by atoms with Crippen molar-refractivity contribution in [2.45, 2.75) is 19.4 Å². The maximum absolute atomic E-state index is 13.1. The number of aromatic nitrogens is 2. The van der Waals surface area contributed by atoms with Crippen molar-refractivity contribution >= 4 is 27.3 Å². The number of hydrogen-bond acceptors (Lipinski definition) is 7. The number of thiophene rings is 1. The van der Waals surface area contributed by atoms with Gasteiger partial charge in [-0.3, -0.25) is 14.5 Å². The molecule has 0 unspecified atom stereocenters. The minimum Gasteiger partial charge on any atom is -0.486 e. The van der Waals surface area contributed by atoms with Crippen LogP contribution in [0, 0.1) is 5.92 Å². The number of H-pyrrole nitrogens is 1. The molecule has 4 aromatic rings. The number of fused-ring (bicyclic) bond motifs is 2. The number of piperidine rings is 1. The molecule has 0 saturated carbocycles. The van der Waals surface area contributed by atoms with E-state index in [0.29, 0.717) is 48.0 Å². The molecule has 0 atom stereocenters. The lowest BCUT2D eigenvalue weighted by Crippen LogP contribution is -2.36. The Labute approximate surface area is 206 Å². The molecule has 2 aromatic carbocycles. The van der Waals surface area contributed by atoms with Gasteiger partial charge in [-0.1, -0.05) is 30.3 Å². The van der Waals surface area contributed by atoms with Gasteiger partial charge in [0.05, 0.1) is 11.9 Å². The molecule has 35 heavy (non-hydrogen) atoms. The third-order valence-corrected chi connectivity index (χ3v) is 7.75. The van der Waals surface area contributed by atoms with Gasteiger partial charge in [-0.2, -0.15) is 0 Å². The Bertz CT molecular complexity index is 1440. The molecule has 2 aliphatic heterocycles. The number of benzene rings is 2. The normalized spacial score (nSPS) is 16.5. The van der Waals surface area contributed by atoms with Crippen LogP contribution < -0.4 is 15.0 Å². The van der Waals surface area contributed by atoms with Crippen LogP contribution in [-0.4, -0.2) is 47.0 Å². The molecular weight excluding hydrogens is 462 g/mol. The van der Waals surface area contributed by atoms with Crippen LogP contribution in [0.3, 0.4) is 0 Å². The number of ketones is 1. The van der Waals surface area contributed by atoms with E-state index in [4.69, 9.17) is 14.5 Å². The molecule has 0 amide bonds. The largest absolute Gasteiger partial charge is 0.486 e. The monoisotopic (exact) mass is 487 g/mol. The van der Waals surface area contributed by atoms with E-state index in [1.54, 1.807) is 6.07 Å². The van der Waals surface area contributed by atoms with Gasteiger partial charge in [0.15, 0.2) is 17.3 Å². The lowest BCUT2D eigenvalue weighted by molar-refractivity contribution is 0.0831. The van der Waals surface area contributed by atoms with Gasteiger partial charge in [0, 0.05) is 16.4 Å². The highest BCUT2D eigenvalue weighted by Crippen LogP contribution is 2.33. The number of aromatic amines is 1. The van der Waals surface area contributed by atoms with E-state index in [1.165, 1.54) is 11.3 Å². The van der Waals surface area contributed by atoms with Crippen LogP contribution in [0.5, 0.6) is 11.5 Å². The van der Waals surface area contributed by atoms with Gasteiger partial charge in [-0.15, -0.1) is 11.3 Å². The van der Waals surface area contributed by atoms with Gasteiger partial charge in [0.25, 0.3) is 5.56 Å². The fourth-order valence-corrected chi connectivity index (χ4v) is 5.85. The molecule has 6 rings (SSSR count). The Morgan fingerprint density at radius 3 is 2.60 bits per heavy atom. The lowest BCUT2D eigenvalue weighted by atomic mass is 9.88. The van der Waals surface area contributed by atoms with E-state index in [0.717, 1.165) is 41.2 Å². The van der Waals surface area contributed by atoms with Crippen LogP contribution >= 0.6 is 11.3 Å². The van der Waals surface area contributed by atoms with Crippen LogP contribution in [0.25, 0.3) is 20.7 Å². The summed E-state index contributed by atoms with van der Waals surface area (Å²) < 4.78 is 11.2. The van der Waals surface area contributed by atoms with Crippen LogP contribution in [0.2, 0.25) is 0 Å². The third-order valence-electron chi connectivity index (χ3n) is 6.67. The molecule has 1 N–H and O–H groups in total. The highest BCUT2D eigenvalue weighted by Gasteiger charge is 2.27. The minimum absolute atomic E-state index is 0.0194. The number of nitrogens with one attached hydrogen (secondary N) is 1. The van der Waals surface area contributed by atoms with Gasteiger partial charge in [-0.25, -0.2) is 4.98 Å². The van der Waals surface area contributed by atoms with E-state index in [1.807, 2.05) is 48.5 Å². The topological polar surface area (TPSA) is 84.5 Å². The summed E-state index contributed by atoms with van der Waals surface area (Å²) in [6.45, 7) is 3.16. The number of ether oxygens (including phenoxy) is 2. The summed E-state index contributed by atoms with van der Waals surface area (Å²) >= 11 is 1.54. The van der Waals surface area contributed by atoms with Crippen molar-refractivity contribution in [3.63, 3.8) is 0 Å². The van der Waals surface area contributed by atoms with Crippen LogP contribution in [-0.2, 0) is 6.54 Å². The number of likely N-dealkylation sites (tertiary alicyclic amines) is 1. The second-order valence-electron chi connectivity index (χ2n) is 8.98. The van der Waals surface area contributed by atoms with E-state index in [9.17, 15) is 9.59 Å². The van der Waals surface area contributed by atoms with E-state index in [-0.39, 0.29) is 17.3 Å². The van der Waals surface area contributed by atoms with Crippen molar-refractivity contribution < 1.29 is 14.3 Å². The van der Waals surface area contributed by atoms with Crippen molar-refractivity contribution in [3.05, 3.63) is 76.3 Å². The molecular formula is C27H25N3O4S. The first kappa shape index (κ1) is 22.0. The minimum atomic E-state index is -0.105. The zero-order valence-electron chi connectivity index (χ0n) is 19.2. The maximum Gasteiger partial charge on any atom is 0.259 e. The zero-order valence-corrected chi connectivity index (χ0v) is 20.0. The smallest absolute Gasteiger partial charge is 0.259 e. The summed E-state index contributed by atoms with van der Waals surface area (Å²) in [5.41, 5.74) is 1.66. The van der Waals surface area contributed by atoms with Gasteiger partial charge in [0.2, 0.25) is 0 Å². The molecule has 178 valence electrons. The summed E-state index contributed by atoms with van der Waals surface area (Å²) in [7, 11) is 0. The number of carbonyl (C=O) groups excluding carboxylic acids is 1. The Morgan fingerprint density at radius 2 is 1.80 bits per heavy atom. The molecule has 7 nitrogen and oxygen atoms in total. The number of hydrogen-bond donors (Lipinski definition) is 1. The maximum atomic E-state index is 13.1. The van der Waals surface area contributed by atoms with Crippen molar-refractivity contribution in [1.82, 2.24) is 14.9 Å². The first-order valence-corrected chi connectivity index (χ1v) is 12.7. The molecule has 1 fully saturated rings. The summed E-state index contributed by atoms with van der Waals surface area (Å²) in [5, 5.41) is 0.626. The fraction of sp³-hybridized carbons (Fsp3) is 0.296. The molecule has 0 bridgehead atoms. The molecule has 0 aliphatic carbocycles. The number of carbonyl (C=O) groups is 1. The second-order valence-corrected chi connectivity index (χ2v) is 10.0. The SMILES string of the molecule is O=C(c1ccc2c(c1)OCCO2)C1CCN(Cc2nc3sc(-c4ccccc4)cc3c(=O)[nH]2)CC1. The number of rotatable bonds is 5. The highest BCUT2D eigenvalue weighted by molar-refractivity contribution is 7.21. The summed E-state index contributed by atoms with van der Waals surface area (Å²) in [4.78, 5) is 37.6. The number of Topliss-reactive ketones (excluding diaryl/α,β-unsaturated/α-hetero) is 1. The summed E-state index contributed by atoms with van der Waals surface area (Å²) in [5.74, 6) is 2.15. The quantitative estimate of drug-likeness (QED) is 0.417. The predicted molar refractivity (Wildman–Crippen MR) is 135 cm³/mol. The molecule has 0 radical (unpaired) electrons. The standard InChI is InChI=1S/C27H25N3O4S/c31-25(19-6-7-21-22(14-19)34-13-12-33-21)18-8-10-30(11-9-18)16-24-28-26(32)20-15-23(35-27(20)29-24)17-4-2-1-3-5-17/h1-7,14-15,18H,8-13,16H2,(H,28,29,32). The van der Waals surface area contributed by atoms with Crippen molar-refractivity contribution in [2.24, 2.45) is 5.92 Å². The van der Waals surface area contributed by atoms with Crippen LogP contribution in [0.4, 0.5) is 0 Å². The Morgan fingerprint density at radius 1 is 1.03 bits per heavy atom. The van der Waals surface area contributed by atoms with Crippen LogP contribution in [0.15, 0.2) is 59.4 Å². The molecule has 1 saturated heterocycles. The Balaban J connectivity index is 1.12. The zero-order chi connectivity index (χ0) is 23.8. The predicted octanol–water partition coefficient (Wildman–Crippen LogP) is 4.52. The molecule has 2 aliphatic rings. The molecule has 2 aromatic heterocycles. The van der Waals surface area contributed by atoms with E-state index in [2.05, 4.69) is 9.88 Å². The summed E-state index contributed by atoms with van der Waals surface area (Å²) in [6, 6.07) is 17.4. The Kier molecular flexibility index (Phi) is 5.83. The van der Waals surface area contributed by atoms with Crippen LogP contribution in [0.1, 0.15) is 29.0 Å². The fourth-order valence-electron chi connectivity index (χ4n) is 4.79. The van der Waals surface area contributed by atoms with Crippen molar-refractivity contribution in [3.8, 4) is 21.9 Å². The summed E-state index contributed by atoms with van der Waals surface area (Å²) in [6.07, 6.45) is 1.55. The average Bonchev–Trinajstić information content (AvgIpc) is 3.34. The number of nitrogens with zero attached hydrogens (tertiary/aromatic N) is 2. The molecule has 4 heterocycles. The lowest BCUT2D eigenvalue weighted by Gasteiger charge is -2.31. The molecule has 8 heteroatoms. The first-order chi connectivity index (χ1) is 17.1. The van der Waals surface area contributed by atoms with Gasteiger partial charge in [0.1, 0.15) is 23.9 Å². The molecule has 0 spiro atoms. The first-order valence-electron chi connectivity index (χ1n) is 11.9. The van der Waals surface area contributed by atoms with E-state index < -0.39 is 0 Å². The Hall–Kier alpha value is -3.49. The third kappa shape index (κ3) is 4.47. The second kappa shape index (κ2) is 9.28.